The predicted octanol–water partition coefficient (Wildman–Crippen LogP) is 4.18. The number of carbonyl (C=O) groups excluding carboxylic acids is 1. The number of halogens is 1. The maximum absolute atomic E-state index is 13.1. The molecule has 0 saturated carbocycles. The highest BCUT2D eigenvalue weighted by Crippen LogP contribution is 2.14. The van der Waals surface area contributed by atoms with E-state index >= 15 is 0 Å². The Morgan fingerprint density at radius 1 is 0.957 bits per heavy atom. The Hall–Kier alpha value is -3.14. The zero-order valence-electron chi connectivity index (χ0n) is 12.2. The van der Waals surface area contributed by atoms with Crippen molar-refractivity contribution in [1.82, 2.24) is 9.97 Å². The number of nitrogens with zero attached hydrogens (tertiary/aromatic N) is 2. The molecule has 0 radical (unpaired) electrons. The first-order valence-electron chi connectivity index (χ1n) is 7.08. The summed E-state index contributed by atoms with van der Waals surface area (Å²) in [5, 5.41) is 0. The van der Waals surface area contributed by atoms with E-state index in [1.54, 1.807) is 24.5 Å². The fourth-order valence-corrected chi connectivity index (χ4v) is 2.07. The van der Waals surface area contributed by atoms with Crippen LogP contribution in [0, 0.1) is 5.82 Å². The van der Waals surface area contributed by atoms with E-state index in [-0.39, 0.29) is 5.78 Å². The van der Waals surface area contributed by atoms with Crippen LogP contribution in [0.2, 0.25) is 0 Å². The maximum atomic E-state index is 13.1. The molecule has 0 fully saturated rings. The van der Waals surface area contributed by atoms with Crippen LogP contribution >= 0.6 is 0 Å². The highest BCUT2D eigenvalue weighted by Gasteiger charge is 2.03. The number of aromatic nitrogens is 2. The summed E-state index contributed by atoms with van der Waals surface area (Å²) >= 11 is 0. The third-order valence-electron chi connectivity index (χ3n) is 3.24. The second-order valence-corrected chi connectivity index (χ2v) is 4.91. The summed E-state index contributed by atoms with van der Waals surface area (Å²) in [7, 11) is 0. The number of ketones is 1. The lowest BCUT2D eigenvalue weighted by atomic mass is 10.1. The molecule has 2 aromatic carbocycles. The Morgan fingerprint density at radius 3 is 2.39 bits per heavy atom. The fraction of sp³-hybridized carbons (Fsp3) is 0. The van der Waals surface area contributed by atoms with E-state index in [0.717, 1.165) is 5.56 Å². The molecule has 0 aliphatic carbocycles. The van der Waals surface area contributed by atoms with Crippen LogP contribution in [0.4, 0.5) is 4.39 Å². The number of rotatable bonds is 4. The number of benzene rings is 2. The van der Waals surface area contributed by atoms with E-state index < -0.39 is 5.82 Å². The standard InChI is InChI=1S/C19H13FN2O/c20-17-8-4-7-16(11-17)18(23)10-9-14-12-21-19(22-13-14)15-5-2-1-3-6-15/h1-13H. The van der Waals surface area contributed by atoms with E-state index in [1.165, 1.54) is 24.3 Å². The first kappa shape index (κ1) is 14.8. The lowest BCUT2D eigenvalue weighted by molar-refractivity contribution is 0.104. The van der Waals surface area contributed by atoms with E-state index in [4.69, 9.17) is 0 Å². The summed E-state index contributed by atoms with van der Waals surface area (Å²) in [5.41, 5.74) is 1.94. The van der Waals surface area contributed by atoms with Crippen molar-refractivity contribution in [3.63, 3.8) is 0 Å². The van der Waals surface area contributed by atoms with Crippen LogP contribution in [-0.2, 0) is 0 Å². The average molecular weight is 304 g/mol. The van der Waals surface area contributed by atoms with Gasteiger partial charge in [-0.1, -0.05) is 42.5 Å². The van der Waals surface area contributed by atoms with Gasteiger partial charge in [-0.05, 0) is 24.3 Å². The third kappa shape index (κ3) is 3.74. The van der Waals surface area contributed by atoms with Gasteiger partial charge in [0.15, 0.2) is 11.6 Å². The molecular weight excluding hydrogens is 291 g/mol. The zero-order chi connectivity index (χ0) is 16.1. The first-order valence-corrected chi connectivity index (χ1v) is 7.08. The van der Waals surface area contributed by atoms with Crippen LogP contribution in [0.15, 0.2) is 73.1 Å². The van der Waals surface area contributed by atoms with Crippen molar-refractivity contribution >= 4 is 11.9 Å². The molecule has 0 aliphatic heterocycles. The quantitative estimate of drug-likeness (QED) is 0.536. The minimum Gasteiger partial charge on any atom is -0.289 e. The summed E-state index contributed by atoms with van der Waals surface area (Å²) in [6.45, 7) is 0. The molecule has 1 aromatic heterocycles. The van der Waals surface area contributed by atoms with Gasteiger partial charge >= 0.3 is 0 Å². The van der Waals surface area contributed by atoms with Crippen molar-refractivity contribution in [3.8, 4) is 11.4 Å². The minimum absolute atomic E-state index is 0.267. The highest BCUT2D eigenvalue weighted by molar-refractivity contribution is 6.06. The smallest absolute Gasteiger partial charge is 0.185 e. The lowest BCUT2D eigenvalue weighted by Gasteiger charge is -2.00. The fourth-order valence-electron chi connectivity index (χ4n) is 2.07. The van der Waals surface area contributed by atoms with Crippen LogP contribution in [0.25, 0.3) is 17.5 Å². The third-order valence-corrected chi connectivity index (χ3v) is 3.24. The Kier molecular flexibility index (Phi) is 4.34. The molecule has 0 amide bonds. The van der Waals surface area contributed by atoms with Crippen molar-refractivity contribution in [3.05, 3.63) is 90.0 Å². The molecule has 1 heterocycles. The molecule has 0 atom stereocenters. The number of allylic oxidation sites excluding steroid dienone is 1. The highest BCUT2D eigenvalue weighted by atomic mass is 19.1. The SMILES string of the molecule is O=C(C=Cc1cnc(-c2ccccc2)nc1)c1cccc(F)c1. The molecule has 3 aromatic rings. The van der Waals surface area contributed by atoms with Gasteiger partial charge < -0.3 is 0 Å². The Balaban J connectivity index is 1.74. The average Bonchev–Trinajstić information content (AvgIpc) is 2.61. The monoisotopic (exact) mass is 304 g/mol. The second-order valence-electron chi connectivity index (χ2n) is 4.91. The summed E-state index contributed by atoms with van der Waals surface area (Å²) in [5.74, 6) is -0.0735. The van der Waals surface area contributed by atoms with Gasteiger partial charge in [0, 0.05) is 29.1 Å². The number of hydrogen-bond acceptors (Lipinski definition) is 3. The van der Waals surface area contributed by atoms with Gasteiger partial charge in [0.25, 0.3) is 0 Å². The number of hydrogen-bond donors (Lipinski definition) is 0. The summed E-state index contributed by atoms with van der Waals surface area (Å²) in [6, 6.07) is 15.2. The van der Waals surface area contributed by atoms with Crippen molar-refractivity contribution < 1.29 is 9.18 Å². The molecule has 112 valence electrons. The second kappa shape index (κ2) is 6.75. The zero-order valence-corrected chi connectivity index (χ0v) is 12.2. The van der Waals surface area contributed by atoms with E-state index in [2.05, 4.69) is 9.97 Å². The van der Waals surface area contributed by atoms with Crippen LogP contribution in [0.5, 0.6) is 0 Å². The van der Waals surface area contributed by atoms with Crippen molar-refractivity contribution in [2.45, 2.75) is 0 Å². The molecule has 4 heteroatoms. The van der Waals surface area contributed by atoms with E-state index in [0.29, 0.717) is 17.0 Å². The first-order chi connectivity index (χ1) is 11.2. The van der Waals surface area contributed by atoms with E-state index in [1.807, 2.05) is 30.3 Å². The molecule has 0 unspecified atom stereocenters. The molecule has 0 N–H and O–H groups in total. The Morgan fingerprint density at radius 2 is 1.70 bits per heavy atom. The molecule has 0 spiro atoms. The molecular formula is C19H13FN2O. The van der Waals surface area contributed by atoms with Gasteiger partial charge in [0.05, 0.1) is 0 Å². The van der Waals surface area contributed by atoms with Crippen molar-refractivity contribution in [2.24, 2.45) is 0 Å². The predicted molar refractivity (Wildman–Crippen MR) is 87.2 cm³/mol. The van der Waals surface area contributed by atoms with Crippen LogP contribution in [-0.4, -0.2) is 15.8 Å². The van der Waals surface area contributed by atoms with Gasteiger partial charge in [-0.25, -0.2) is 14.4 Å². The van der Waals surface area contributed by atoms with Crippen LogP contribution in [0.3, 0.4) is 0 Å². The topological polar surface area (TPSA) is 42.9 Å². The summed E-state index contributed by atoms with van der Waals surface area (Å²) in [6.07, 6.45) is 6.28. The van der Waals surface area contributed by atoms with Gasteiger partial charge in [0.2, 0.25) is 0 Å². The van der Waals surface area contributed by atoms with Crippen LogP contribution in [0.1, 0.15) is 15.9 Å². The largest absolute Gasteiger partial charge is 0.289 e. The Bertz CT molecular complexity index is 843. The summed E-state index contributed by atoms with van der Waals surface area (Å²) in [4.78, 5) is 20.5. The number of carbonyl (C=O) groups is 1. The molecule has 0 bridgehead atoms. The summed E-state index contributed by atoms with van der Waals surface area (Å²) < 4.78 is 13.1. The van der Waals surface area contributed by atoms with Gasteiger partial charge in [-0.15, -0.1) is 0 Å². The molecule has 3 rings (SSSR count). The van der Waals surface area contributed by atoms with Crippen molar-refractivity contribution in [1.29, 1.82) is 0 Å². The molecule has 23 heavy (non-hydrogen) atoms. The van der Waals surface area contributed by atoms with Gasteiger partial charge in [-0.2, -0.15) is 0 Å². The maximum Gasteiger partial charge on any atom is 0.185 e. The molecule has 3 nitrogen and oxygen atoms in total. The Labute approximate surface area is 133 Å². The molecule has 0 aliphatic rings. The van der Waals surface area contributed by atoms with Crippen molar-refractivity contribution in [2.75, 3.05) is 0 Å². The van der Waals surface area contributed by atoms with Gasteiger partial charge in [0.1, 0.15) is 5.82 Å². The van der Waals surface area contributed by atoms with Crippen LogP contribution < -0.4 is 0 Å². The minimum atomic E-state index is -0.431. The van der Waals surface area contributed by atoms with E-state index in [9.17, 15) is 9.18 Å². The molecule has 0 saturated heterocycles. The normalized spacial score (nSPS) is 10.8. The lowest BCUT2D eigenvalue weighted by Crippen LogP contribution is -1.95. The van der Waals surface area contributed by atoms with Gasteiger partial charge in [-0.3, -0.25) is 4.79 Å².